The van der Waals surface area contributed by atoms with E-state index in [0.717, 1.165) is 11.1 Å². The van der Waals surface area contributed by atoms with Gasteiger partial charge in [0.15, 0.2) is 0 Å². The molecule has 0 unspecified atom stereocenters. The van der Waals surface area contributed by atoms with Crippen LogP contribution in [-0.4, -0.2) is 32.1 Å². The van der Waals surface area contributed by atoms with Gasteiger partial charge in [-0.05, 0) is 55.1 Å². The van der Waals surface area contributed by atoms with Crippen LogP contribution in [0.5, 0.6) is 0 Å². The van der Waals surface area contributed by atoms with Crippen LogP contribution < -0.4 is 0 Å². The molecule has 0 fully saturated rings. The molecule has 0 N–H and O–H groups in total. The number of hydrogen-bond acceptors (Lipinski definition) is 3. The molecule has 5 heteroatoms. The van der Waals surface area contributed by atoms with Gasteiger partial charge >= 0.3 is 5.97 Å². The highest BCUT2D eigenvalue weighted by Crippen LogP contribution is 2.27. The summed E-state index contributed by atoms with van der Waals surface area (Å²) in [7, 11) is 4.94. The Morgan fingerprint density at radius 3 is 2.45 bits per heavy atom. The van der Waals surface area contributed by atoms with Crippen molar-refractivity contribution >= 4 is 5.97 Å². The van der Waals surface area contributed by atoms with E-state index in [-0.39, 0.29) is 11.4 Å². The van der Waals surface area contributed by atoms with Gasteiger partial charge in [0.05, 0.1) is 12.7 Å². The fraction of sp³-hybridized carbons (Fsp3) is 0.235. The summed E-state index contributed by atoms with van der Waals surface area (Å²) in [5, 5.41) is 0. The molecule has 0 aromatic heterocycles. The number of esters is 1. The van der Waals surface area contributed by atoms with Gasteiger partial charge in [-0.2, -0.15) is 0 Å². The second-order valence-electron chi connectivity index (χ2n) is 5.23. The highest BCUT2D eigenvalue weighted by molar-refractivity contribution is 5.90. The molecule has 2 aromatic rings. The minimum Gasteiger partial charge on any atom is -0.465 e. The first-order chi connectivity index (χ1) is 10.4. The summed E-state index contributed by atoms with van der Waals surface area (Å²) < 4.78 is 32.0. The minimum atomic E-state index is -0.725. The molecule has 0 aliphatic heterocycles. The van der Waals surface area contributed by atoms with E-state index in [0.29, 0.717) is 12.1 Å². The first-order valence-electron chi connectivity index (χ1n) is 6.73. The number of hydrogen-bond donors (Lipinski definition) is 0. The lowest BCUT2D eigenvalue weighted by Gasteiger charge is -2.15. The Kier molecular flexibility index (Phi) is 4.88. The number of carbonyl (C=O) groups excluding carboxylic acids is 1. The third-order valence-corrected chi connectivity index (χ3v) is 3.24. The van der Waals surface area contributed by atoms with E-state index in [1.807, 2.05) is 19.0 Å². The predicted octanol–water partition coefficient (Wildman–Crippen LogP) is 3.48. The van der Waals surface area contributed by atoms with Crippen molar-refractivity contribution < 1.29 is 18.3 Å². The van der Waals surface area contributed by atoms with Crippen molar-refractivity contribution in [3.63, 3.8) is 0 Å². The maximum Gasteiger partial charge on any atom is 0.340 e. The van der Waals surface area contributed by atoms with Gasteiger partial charge in [0.2, 0.25) is 0 Å². The molecule has 0 amide bonds. The highest BCUT2D eigenvalue weighted by atomic mass is 19.1. The molecule has 3 nitrogen and oxygen atoms in total. The molecule has 0 bridgehead atoms. The van der Waals surface area contributed by atoms with Gasteiger partial charge in [-0.1, -0.05) is 12.1 Å². The summed E-state index contributed by atoms with van der Waals surface area (Å²) in [6.45, 7) is 0.521. The van der Waals surface area contributed by atoms with Crippen molar-refractivity contribution in [2.75, 3.05) is 21.2 Å². The lowest BCUT2D eigenvalue weighted by atomic mass is 9.98. The van der Waals surface area contributed by atoms with Crippen LogP contribution in [0.3, 0.4) is 0 Å². The Bertz CT molecular complexity index is 699. The number of rotatable bonds is 4. The van der Waals surface area contributed by atoms with E-state index in [9.17, 15) is 13.6 Å². The van der Waals surface area contributed by atoms with Crippen molar-refractivity contribution in [2.45, 2.75) is 6.54 Å². The summed E-state index contributed by atoms with van der Waals surface area (Å²) in [6, 6.07) is 8.64. The van der Waals surface area contributed by atoms with E-state index in [2.05, 4.69) is 4.74 Å². The zero-order valence-corrected chi connectivity index (χ0v) is 12.7. The van der Waals surface area contributed by atoms with E-state index in [4.69, 9.17) is 0 Å². The van der Waals surface area contributed by atoms with Gasteiger partial charge in [-0.15, -0.1) is 0 Å². The zero-order chi connectivity index (χ0) is 16.3. The largest absolute Gasteiger partial charge is 0.465 e. The molecular formula is C17H17F2NO2. The number of benzene rings is 2. The van der Waals surface area contributed by atoms with Crippen LogP contribution in [0.4, 0.5) is 8.78 Å². The van der Waals surface area contributed by atoms with Crippen LogP contribution in [0.1, 0.15) is 15.9 Å². The Labute approximate surface area is 128 Å². The first-order valence-corrected chi connectivity index (χ1v) is 6.73. The molecule has 22 heavy (non-hydrogen) atoms. The van der Waals surface area contributed by atoms with Crippen molar-refractivity contribution in [3.8, 4) is 11.1 Å². The Morgan fingerprint density at radius 1 is 1.14 bits per heavy atom. The van der Waals surface area contributed by atoms with Gasteiger partial charge in [0.25, 0.3) is 0 Å². The van der Waals surface area contributed by atoms with Crippen LogP contribution in [0, 0.1) is 11.6 Å². The number of carbonyl (C=O) groups is 1. The second-order valence-corrected chi connectivity index (χ2v) is 5.23. The summed E-state index contributed by atoms with van der Waals surface area (Å²) in [5.41, 5.74) is 1.94. The van der Waals surface area contributed by atoms with E-state index >= 15 is 0 Å². The summed E-state index contributed by atoms with van der Waals surface area (Å²) >= 11 is 0. The Hall–Kier alpha value is -2.27. The quantitative estimate of drug-likeness (QED) is 0.810. The minimum absolute atomic E-state index is 0.123. The summed E-state index contributed by atoms with van der Waals surface area (Å²) in [5.74, 6) is -1.73. The third-order valence-electron chi connectivity index (χ3n) is 3.24. The molecule has 2 aromatic carbocycles. The van der Waals surface area contributed by atoms with Crippen molar-refractivity contribution in [1.82, 2.24) is 4.90 Å². The SMILES string of the molecule is COC(=O)c1ccc(-c2ccc(F)cc2CN(C)C)cc1F. The molecule has 0 aliphatic rings. The third kappa shape index (κ3) is 3.49. The van der Waals surface area contributed by atoms with Gasteiger partial charge < -0.3 is 9.64 Å². The van der Waals surface area contributed by atoms with Crippen molar-refractivity contribution in [2.24, 2.45) is 0 Å². The molecule has 0 saturated heterocycles. The van der Waals surface area contributed by atoms with Gasteiger partial charge in [0.1, 0.15) is 11.6 Å². The summed E-state index contributed by atoms with van der Waals surface area (Å²) in [6.07, 6.45) is 0. The summed E-state index contributed by atoms with van der Waals surface area (Å²) in [4.78, 5) is 13.3. The van der Waals surface area contributed by atoms with E-state index in [1.165, 1.54) is 31.4 Å². The highest BCUT2D eigenvalue weighted by Gasteiger charge is 2.14. The first kappa shape index (κ1) is 16.1. The van der Waals surface area contributed by atoms with Gasteiger partial charge in [0, 0.05) is 6.54 Å². The maximum absolute atomic E-state index is 14.1. The Balaban J connectivity index is 2.48. The zero-order valence-electron chi connectivity index (χ0n) is 12.7. The number of halogens is 2. The van der Waals surface area contributed by atoms with Gasteiger partial charge in [-0.25, -0.2) is 13.6 Å². The number of methoxy groups -OCH3 is 1. The molecule has 116 valence electrons. The lowest BCUT2D eigenvalue weighted by Crippen LogP contribution is -2.12. The average Bonchev–Trinajstić information content (AvgIpc) is 2.46. The van der Waals surface area contributed by atoms with Crippen LogP contribution in [0.25, 0.3) is 11.1 Å². The normalized spacial score (nSPS) is 10.8. The van der Waals surface area contributed by atoms with E-state index in [1.54, 1.807) is 12.1 Å². The fourth-order valence-electron chi connectivity index (χ4n) is 2.27. The molecule has 2 rings (SSSR count). The number of ether oxygens (including phenoxy) is 1. The lowest BCUT2D eigenvalue weighted by molar-refractivity contribution is 0.0595. The van der Waals surface area contributed by atoms with Crippen molar-refractivity contribution in [1.29, 1.82) is 0 Å². The molecule has 0 spiro atoms. The van der Waals surface area contributed by atoms with Crippen LogP contribution in [-0.2, 0) is 11.3 Å². The predicted molar refractivity (Wildman–Crippen MR) is 80.5 cm³/mol. The van der Waals surface area contributed by atoms with Crippen LogP contribution in [0.15, 0.2) is 36.4 Å². The Morgan fingerprint density at radius 2 is 1.86 bits per heavy atom. The molecule has 0 saturated carbocycles. The van der Waals surface area contributed by atoms with Crippen molar-refractivity contribution in [3.05, 3.63) is 59.2 Å². The molecule has 0 heterocycles. The van der Waals surface area contributed by atoms with Gasteiger partial charge in [-0.3, -0.25) is 0 Å². The second kappa shape index (κ2) is 6.66. The smallest absolute Gasteiger partial charge is 0.340 e. The molecule has 0 atom stereocenters. The topological polar surface area (TPSA) is 29.5 Å². The van der Waals surface area contributed by atoms with E-state index < -0.39 is 11.8 Å². The maximum atomic E-state index is 14.1. The fourth-order valence-corrected chi connectivity index (χ4v) is 2.27. The van der Waals surface area contributed by atoms with Crippen LogP contribution in [0.2, 0.25) is 0 Å². The molecular weight excluding hydrogens is 288 g/mol. The molecule has 0 radical (unpaired) electrons. The standard InChI is InChI=1S/C17H17F2NO2/c1-20(2)10-12-8-13(18)5-7-14(12)11-4-6-15(16(19)9-11)17(21)22-3/h4-9H,10H2,1-3H3. The number of nitrogens with zero attached hydrogens (tertiary/aromatic N) is 1. The average molecular weight is 305 g/mol. The monoisotopic (exact) mass is 305 g/mol. The molecule has 0 aliphatic carbocycles. The van der Waals surface area contributed by atoms with Crippen LogP contribution >= 0.6 is 0 Å².